The van der Waals surface area contributed by atoms with Gasteiger partial charge in [-0.15, -0.1) is 0 Å². The van der Waals surface area contributed by atoms with Crippen LogP contribution in [0.4, 0.5) is 0 Å². The number of rotatable bonds is 11. The summed E-state index contributed by atoms with van der Waals surface area (Å²) in [5, 5.41) is 3.46. The largest absolute Gasteiger partial charge is 0.315 e. The van der Waals surface area contributed by atoms with Gasteiger partial charge in [-0.3, -0.25) is 0 Å². The Hall–Kier alpha value is -0.0800. The van der Waals surface area contributed by atoms with E-state index in [0.717, 1.165) is 0 Å². The minimum atomic E-state index is 0.639. The molecule has 1 N–H and O–H groups in total. The zero-order valence-corrected chi connectivity index (χ0v) is 11.9. The molecule has 16 heavy (non-hydrogen) atoms. The molecular formula is C14H32N2. The van der Waals surface area contributed by atoms with Crippen molar-refractivity contribution in [3.63, 3.8) is 0 Å². The van der Waals surface area contributed by atoms with E-state index in [1.165, 1.54) is 58.2 Å². The number of hydrogen-bond donors (Lipinski definition) is 1. The Kier molecular flexibility index (Phi) is 11.3. The van der Waals surface area contributed by atoms with Crippen LogP contribution in [0.2, 0.25) is 0 Å². The molecule has 0 radical (unpaired) electrons. The highest BCUT2D eigenvalue weighted by Gasteiger charge is 1.97. The van der Waals surface area contributed by atoms with Crippen LogP contribution in [0.15, 0.2) is 0 Å². The lowest BCUT2D eigenvalue weighted by molar-refractivity contribution is 0.318. The molecule has 2 nitrogen and oxygen atoms in total. The van der Waals surface area contributed by atoms with Crippen LogP contribution >= 0.6 is 0 Å². The molecule has 2 heteroatoms. The quantitative estimate of drug-likeness (QED) is 0.546. The van der Waals surface area contributed by atoms with Gasteiger partial charge >= 0.3 is 0 Å². The van der Waals surface area contributed by atoms with E-state index in [2.05, 4.69) is 38.0 Å². The topological polar surface area (TPSA) is 15.3 Å². The third-order valence-electron chi connectivity index (χ3n) is 2.91. The SMILES string of the molecule is CCCCN(C)CCCCCCNC(C)C. The molecule has 0 rings (SSSR count). The zero-order chi connectivity index (χ0) is 12.2. The molecule has 0 saturated carbocycles. The van der Waals surface area contributed by atoms with Crippen LogP contribution in [0.1, 0.15) is 59.3 Å². The average Bonchev–Trinajstić information content (AvgIpc) is 2.24. The first-order valence-electron chi connectivity index (χ1n) is 7.08. The molecule has 0 atom stereocenters. The smallest absolute Gasteiger partial charge is 0.00103 e. The summed E-state index contributed by atoms with van der Waals surface area (Å²) in [4.78, 5) is 2.47. The third kappa shape index (κ3) is 12.0. The van der Waals surface area contributed by atoms with Gasteiger partial charge in [-0.25, -0.2) is 0 Å². The van der Waals surface area contributed by atoms with Crippen molar-refractivity contribution in [1.82, 2.24) is 10.2 Å². The molecule has 0 amide bonds. The molecule has 0 aromatic heterocycles. The summed E-state index contributed by atoms with van der Waals surface area (Å²) in [6.45, 7) is 10.4. The maximum atomic E-state index is 3.46. The molecule has 0 fully saturated rings. The Morgan fingerprint density at radius 2 is 1.56 bits per heavy atom. The molecule has 0 aromatic rings. The van der Waals surface area contributed by atoms with Crippen molar-refractivity contribution in [3.05, 3.63) is 0 Å². The van der Waals surface area contributed by atoms with E-state index >= 15 is 0 Å². The summed E-state index contributed by atoms with van der Waals surface area (Å²) in [5.41, 5.74) is 0. The lowest BCUT2D eigenvalue weighted by Gasteiger charge is -2.15. The summed E-state index contributed by atoms with van der Waals surface area (Å²) in [5.74, 6) is 0. The van der Waals surface area contributed by atoms with Crippen molar-refractivity contribution in [2.45, 2.75) is 65.3 Å². The number of nitrogens with one attached hydrogen (secondary N) is 1. The molecule has 0 aliphatic heterocycles. The van der Waals surface area contributed by atoms with Crippen LogP contribution in [-0.2, 0) is 0 Å². The molecule has 0 spiro atoms. The first kappa shape index (κ1) is 15.9. The van der Waals surface area contributed by atoms with Gasteiger partial charge in [0, 0.05) is 6.04 Å². The van der Waals surface area contributed by atoms with Crippen LogP contribution < -0.4 is 5.32 Å². The molecule has 0 heterocycles. The van der Waals surface area contributed by atoms with Gasteiger partial charge in [-0.1, -0.05) is 40.0 Å². The fraction of sp³-hybridized carbons (Fsp3) is 1.00. The first-order valence-corrected chi connectivity index (χ1v) is 7.08. The summed E-state index contributed by atoms with van der Waals surface area (Å²) in [7, 11) is 2.25. The van der Waals surface area contributed by atoms with Crippen LogP contribution in [0.5, 0.6) is 0 Å². The average molecular weight is 228 g/mol. The summed E-state index contributed by atoms with van der Waals surface area (Å²) >= 11 is 0. The molecule has 0 saturated heterocycles. The van der Waals surface area contributed by atoms with Gasteiger partial charge in [0.25, 0.3) is 0 Å². The lowest BCUT2D eigenvalue weighted by atomic mass is 10.2. The summed E-state index contributed by atoms with van der Waals surface area (Å²) < 4.78 is 0. The Labute approximate surface area is 103 Å². The first-order chi connectivity index (χ1) is 7.66. The van der Waals surface area contributed by atoms with Gasteiger partial charge in [-0.05, 0) is 45.9 Å². The minimum Gasteiger partial charge on any atom is -0.315 e. The van der Waals surface area contributed by atoms with Crippen LogP contribution in [0.3, 0.4) is 0 Å². The van der Waals surface area contributed by atoms with Crippen molar-refractivity contribution >= 4 is 0 Å². The maximum Gasteiger partial charge on any atom is 0.00103 e. The van der Waals surface area contributed by atoms with E-state index in [4.69, 9.17) is 0 Å². The lowest BCUT2D eigenvalue weighted by Crippen LogP contribution is -2.23. The number of unbranched alkanes of at least 4 members (excludes halogenated alkanes) is 4. The van der Waals surface area contributed by atoms with Crippen molar-refractivity contribution < 1.29 is 0 Å². The highest BCUT2D eigenvalue weighted by atomic mass is 15.1. The van der Waals surface area contributed by atoms with E-state index < -0.39 is 0 Å². The Morgan fingerprint density at radius 1 is 0.938 bits per heavy atom. The molecular weight excluding hydrogens is 196 g/mol. The van der Waals surface area contributed by atoms with Gasteiger partial charge in [0.2, 0.25) is 0 Å². The maximum absolute atomic E-state index is 3.46. The second-order valence-electron chi connectivity index (χ2n) is 5.18. The monoisotopic (exact) mass is 228 g/mol. The summed E-state index contributed by atoms with van der Waals surface area (Å²) in [6, 6.07) is 0.639. The predicted molar refractivity (Wildman–Crippen MR) is 74.0 cm³/mol. The van der Waals surface area contributed by atoms with E-state index in [0.29, 0.717) is 6.04 Å². The molecule has 0 unspecified atom stereocenters. The zero-order valence-electron chi connectivity index (χ0n) is 11.9. The van der Waals surface area contributed by atoms with Crippen molar-refractivity contribution in [2.24, 2.45) is 0 Å². The third-order valence-corrected chi connectivity index (χ3v) is 2.91. The van der Waals surface area contributed by atoms with E-state index in [1.807, 2.05) is 0 Å². The van der Waals surface area contributed by atoms with Crippen LogP contribution in [-0.4, -0.2) is 37.6 Å². The Bertz CT molecular complexity index is 135. The number of nitrogens with zero attached hydrogens (tertiary/aromatic N) is 1. The van der Waals surface area contributed by atoms with Gasteiger partial charge in [0.05, 0.1) is 0 Å². The van der Waals surface area contributed by atoms with Gasteiger partial charge < -0.3 is 10.2 Å². The normalized spacial score (nSPS) is 11.6. The number of hydrogen-bond acceptors (Lipinski definition) is 2. The standard InChI is InChI=1S/C14H32N2/c1-5-6-12-16(4)13-10-8-7-9-11-15-14(2)3/h14-15H,5-13H2,1-4H3. The molecule has 0 aliphatic carbocycles. The molecule has 0 bridgehead atoms. The second-order valence-corrected chi connectivity index (χ2v) is 5.18. The molecule has 0 aliphatic rings. The van der Waals surface area contributed by atoms with E-state index in [9.17, 15) is 0 Å². The minimum absolute atomic E-state index is 0.639. The molecule has 0 aromatic carbocycles. The highest BCUT2D eigenvalue weighted by molar-refractivity contribution is 4.55. The van der Waals surface area contributed by atoms with Crippen LogP contribution in [0.25, 0.3) is 0 Å². The molecule has 98 valence electrons. The Balaban J connectivity index is 3.08. The highest BCUT2D eigenvalue weighted by Crippen LogP contribution is 2.01. The van der Waals surface area contributed by atoms with Gasteiger partial charge in [-0.2, -0.15) is 0 Å². The van der Waals surface area contributed by atoms with Crippen molar-refractivity contribution in [3.8, 4) is 0 Å². The fourth-order valence-corrected chi connectivity index (χ4v) is 1.79. The summed E-state index contributed by atoms with van der Waals surface area (Å²) in [6.07, 6.45) is 8.11. The Morgan fingerprint density at radius 3 is 2.19 bits per heavy atom. The predicted octanol–water partition coefficient (Wildman–Crippen LogP) is 3.28. The van der Waals surface area contributed by atoms with Crippen molar-refractivity contribution in [1.29, 1.82) is 0 Å². The van der Waals surface area contributed by atoms with Gasteiger partial charge in [0.1, 0.15) is 0 Å². The van der Waals surface area contributed by atoms with E-state index in [-0.39, 0.29) is 0 Å². The van der Waals surface area contributed by atoms with Crippen molar-refractivity contribution in [2.75, 3.05) is 26.7 Å². The fourth-order valence-electron chi connectivity index (χ4n) is 1.79. The second kappa shape index (κ2) is 11.4. The van der Waals surface area contributed by atoms with Gasteiger partial charge in [0.15, 0.2) is 0 Å². The van der Waals surface area contributed by atoms with Crippen LogP contribution in [0, 0.1) is 0 Å². The van der Waals surface area contributed by atoms with E-state index in [1.54, 1.807) is 0 Å².